The fraction of sp³-hybridized carbons (Fsp3) is 0.0625. The minimum absolute atomic E-state index is 0.0791. The van der Waals surface area contributed by atoms with Crippen LogP contribution in [0.5, 0.6) is 0 Å². The zero-order valence-corrected chi connectivity index (χ0v) is 12.6. The van der Waals surface area contributed by atoms with Crippen LogP contribution in [0.4, 0.5) is 27.6 Å². The van der Waals surface area contributed by atoms with Gasteiger partial charge in [0.25, 0.3) is 5.91 Å². The summed E-state index contributed by atoms with van der Waals surface area (Å²) in [4.78, 5) is 15.3. The van der Waals surface area contributed by atoms with Crippen molar-refractivity contribution in [2.24, 2.45) is 0 Å². The molecule has 0 saturated carbocycles. The van der Waals surface area contributed by atoms with Gasteiger partial charge in [-0.05, 0) is 24.3 Å². The minimum Gasteiger partial charge on any atom is -0.329 e. The highest BCUT2D eigenvalue weighted by Gasteiger charge is 2.38. The molecule has 1 aromatic heterocycles. The van der Waals surface area contributed by atoms with E-state index in [1.165, 1.54) is 24.3 Å². The number of halogens is 5. The summed E-state index contributed by atoms with van der Waals surface area (Å²) >= 11 is 0. The Hall–Kier alpha value is -3.30. The van der Waals surface area contributed by atoms with E-state index in [0.717, 1.165) is 12.1 Å². The van der Waals surface area contributed by atoms with Crippen LogP contribution in [0.1, 0.15) is 16.2 Å². The van der Waals surface area contributed by atoms with Crippen LogP contribution in [0.15, 0.2) is 47.0 Å². The molecule has 0 radical (unpaired) electrons. The lowest BCUT2D eigenvalue weighted by Gasteiger charge is -2.06. The van der Waals surface area contributed by atoms with Crippen LogP contribution in [-0.4, -0.2) is 16.0 Å². The van der Waals surface area contributed by atoms with E-state index in [0.29, 0.717) is 6.07 Å². The van der Waals surface area contributed by atoms with Gasteiger partial charge in [0.2, 0.25) is 5.82 Å². The van der Waals surface area contributed by atoms with Gasteiger partial charge in [0.1, 0.15) is 11.6 Å². The molecule has 1 amide bonds. The normalized spacial score (nSPS) is 11.4. The third-order valence-electron chi connectivity index (χ3n) is 3.19. The van der Waals surface area contributed by atoms with Gasteiger partial charge in [0, 0.05) is 22.9 Å². The van der Waals surface area contributed by atoms with Gasteiger partial charge in [0.15, 0.2) is 0 Å². The second-order valence-electron chi connectivity index (χ2n) is 5.11. The summed E-state index contributed by atoms with van der Waals surface area (Å²) in [5.74, 6) is -4.15. The van der Waals surface area contributed by atoms with Crippen molar-refractivity contribution in [3.05, 3.63) is 65.6 Å². The third kappa shape index (κ3) is 3.85. The average Bonchev–Trinajstić information content (AvgIpc) is 3.04. The predicted molar refractivity (Wildman–Crippen MR) is 79.0 cm³/mol. The topological polar surface area (TPSA) is 68.0 Å². The van der Waals surface area contributed by atoms with E-state index in [9.17, 15) is 26.7 Å². The van der Waals surface area contributed by atoms with Crippen molar-refractivity contribution in [3.63, 3.8) is 0 Å². The van der Waals surface area contributed by atoms with Crippen LogP contribution in [0.25, 0.3) is 11.4 Å². The van der Waals surface area contributed by atoms with E-state index < -0.39 is 29.6 Å². The van der Waals surface area contributed by atoms with Crippen LogP contribution in [-0.2, 0) is 6.18 Å². The molecule has 3 aromatic rings. The molecule has 0 atom stereocenters. The van der Waals surface area contributed by atoms with Crippen molar-refractivity contribution in [1.82, 2.24) is 10.1 Å². The smallest absolute Gasteiger partial charge is 0.329 e. The Morgan fingerprint density at radius 2 is 1.62 bits per heavy atom. The third-order valence-corrected chi connectivity index (χ3v) is 3.19. The summed E-state index contributed by atoms with van der Waals surface area (Å²) in [5.41, 5.74) is 0.222. The van der Waals surface area contributed by atoms with Crippen molar-refractivity contribution in [3.8, 4) is 11.4 Å². The molecule has 0 aliphatic carbocycles. The van der Waals surface area contributed by atoms with Crippen LogP contribution < -0.4 is 5.32 Å². The molecular formula is C16H8F5N3O2. The highest BCUT2D eigenvalue weighted by molar-refractivity contribution is 6.04. The number of aromatic nitrogens is 2. The molecular weight excluding hydrogens is 361 g/mol. The molecule has 0 fully saturated rings. The highest BCUT2D eigenvalue weighted by atomic mass is 19.4. The maximum atomic E-state index is 13.1. The van der Waals surface area contributed by atoms with Crippen molar-refractivity contribution in [1.29, 1.82) is 0 Å². The molecule has 0 unspecified atom stereocenters. The number of anilines is 1. The molecule has 1 N–H and O–H groups in total. The van der Waals surface area contributed by atoms with E-state index in [2.05, 4.69) is 20.0 Å². The first-order chi connectivity index (χ1) is 12.2. The summed E-state index contributed by atoms with van der Waals surface area (Å²) in [6.45, 7) is 0. The molecule has 3 rings (SSSR count). The van der Waals surface area contributed by atoms with E-state index >= 15 is 0 Å². The number of nitrogens with zero attached hydrogens (tertiary/aromatic N) is 2. The molecule has 2 aromatic carbocycles. The number of amides is 1. The number of hydrogen-bond donors (Lipinski definition) is 1. The van der Waals surface area contributed by atoms with Crippen LogP contribution in [0.2, 0.25) is 0 Å². The summed E-state index contributed by atoms with van der Waals surface area (Å²) < 4.78 is 67.7. The summed E-state index contributed by atoms with van der Waals surface area (Å²) in [6.07, 6.45) is -4.76. The molecule has 5 nitrogen and oxygen atoms in total. The zero-order valence-electron chi connectivity index (χ0n) is 12.6. The summed E-state index contributed by atoms with van der Waals surface area (Å²) in [6, 6.07) is 7.75. The molecule has 26 heavy (non-hydrogen) atoms. The molecule has 0 bridgehead atoms. The second-order valence-corrected chi connectivity index (χ2v) is 5.11. The van der Waals surface area contributed by atoms with Crippen LogP contribution in [0.3, 0.4) is 0 Å². The standard InChI is InChI=1S/C16H8F5N3O2/c17-10-5-11(18)7-12(6-10)22-14(25)9-3-1-8(2-4-9)13-23-15(26-24-13)16(19,20)21/h1-7H,(H,22,25). The Labute approximate surface area is 142 Å². The molecule has 134 valence electrons. The predicted octanol–water partition coefficient (Wildman–Crippen LogP) is 4.29. The van der Waals surface area contributed by atoms with Crippen molar-refractivity contribution in [2.45, 2.75) is 6.18 Å². The van der Waals surface area contributed by atoms with Crippen molar-refractivity contribution < 1.29 is 31.3 Å². The lowest BCUT2D eigenvalue weighted by atomic mass is 10.1. The van der Waals surface area contributed by atoms with Gasteiger partial charge in [-0.1, -0.05) is 17.3 Å². The fourth-order valence-electron chi connectivity index (χ4n) is 2.06. The molecule has 1 heterocycles. The van der Waals surface area contributed by atoms with E-state index in [4.69, 9.17) is 0 Å². The van der Waals surface area contributed by atoms with Crippen molar-refractivity contribution >= 4 is 11.6 Å². The monoisotopic (exact) mass is 369 g/mol. The number of alkyl halides is 3. The van der Waals surface area contributed by atoms with Gasteiger partial charge in [0.05, 0.1) is 0 Å². The molecule has 0 aliphatic heterocycles. The SMILES string of the molecule is O=C(Nc1cc(F)cc(F)c1)c1ccc(-c2noc(C(F)(F)F)n2)cc1. The van der Waals surface area contributed by atoms with Crippen molar-refractivity contribution in [2.75, 3.05) is 5.32 Å². The first-order valence-electron chi connectivity index (χ1n) is 7.01. The zero-order chi connectivity index (χ0) is 18.9. The molecule has 0 saturated heterocycles. The van der Waals surface area contributed by atoms with Gasteiger partial charge in [-0.3, -0.25) is 4.79 Å². The van der Waals surface area contributed by atoms with Gasteiger partial charge in [-0.25, -0.2) is 8.78 Å². The molecule has 0 spiro atoms. The summed E-state index contributed by atoms with van der Waals surface area (Å²) in [5, 5.41) is 5.53. The summed E-state index contributed by atoms with van der Waals surface area (Å²) in [7, 11) is 0. The van der Waals surface area contributed by atoms with Crippen LogP contribution >= 0.6 is 0 Å². The number of rotatable bonds is 3. The molecule has 0 aliphatic rings. The van der Waals surface area contributed by atoms with E-state index in [1.54, 1.807) is 0 Å². The van der Waals surface area contributed by atoms with Gasteiger partial charge in [-0.15, -0.1) is 0 Å². The number of benzene rings is 2. The highest BCUT2D eigenvalue weighted by Crippen LogP contribution is 2.29. The number of carbonyl (C=O) groups excluding carboxylic acids is 1. The second kappa shape index (κ2) is 6.54. The Bertz CT molecular complexity index is 931. The fourth-order valence-corrected chi connectivity index (χ4v) is 2.06. The van der Waals surface area contributed by atoms with Gasteiger partial charge >= 0.3 is 12.1 Å². The van der Waals surface area contributed by atoms with Gasteiger partial charge < -0.3 is 9.84 Å². The Balaban J connectivity index is 1.76. The minimum atomic E-state index is -4.76. The maximum absolute atomic E-state index is 13.1. The largest absolute Gasteiger partial charge is 0.471 e. The maximum Gasteiger partial charge on any atom is 0.471 e. The van der Waals surface area contributed by atoms with E-state index in [1.807, 2.05) is 0 Å². The number of nitrogens with one attached hydrogen (secondary N) is 1. The average molecular weight is 369 g/mol. The Kier molecular flexibility index (Phi) is 4.41. The quantitative estimate of drug-likeness (QED) is 0.700. The van der Waals surface area contributed by atoms with Crippen LogP contribution in [0, 0.1) is 11.6 Å². The lowest BCUT2D eigenvalue weighted by molar-refractivity contribution is -0.159. The first kappa shape index (κ1) is 17.5. The lowest BCUT2D eigenvalue weighted by Crippen LogP contribution is -2.12. The molecule has 10 heteroatoms. The Morgan fingerprint density at radius 1 is 1.00 bits per heavy atom. The van der Waals surface area contributed by atoms with Gasteiger partial charge in [-0.2, -0.15) is 18.2 Å². The Morgan fingerprint density at radius 3 is 2.15 bits per heavy atom. The first-order valence-corrected chi connectivity index (χ1v) is 7.01. The number of carbonyl (C=O) groups is 1. The van der Waals surface area contributed by atoms with E-state index in [-0.39, 0.29) is 22.6 Å². The number of hydrogen-bond acceptors (Lipinski definition) is 4.